The molecule has 3 rings (SSSR count). The number of carbonyl (C=O) groups is 2. The van der Waals surface area contributed by atoms with Crippen molar-refractivity contribution in [3.8, 4) is 0 Å². The van der Waals surface area contributed by atoms with E-state index < -0.39 is 11.3 Å². The average Bonchev–Trinajstić information content (AvgIpc) is 3.01. The molecule has 37 heavy (non-hydrogen) atoms. The highest BCUT2D eigenvalue weighted by Crippen LogP contribution is 2.42. The van der Waals surface area contributed by atoms with Gasteiger partial charge in [0.25, 0.3) is 0 Å². The number of amides is 2. The van der Waals surface area contributed by atoms with E-state index in [-0.39, 0.29) is 47.6 Å². The Labute approximate surface area is 223 Å². The molecule has 5 atom stereocenters. The number of rotatable bonds is 6. The van der Waals surface area contributed by atoms with Gasteiger partial charge in [-0.25, -0.2) is 4.79 Å². The zero-order valence-corrected chi connectivity index (χ0v) is 24.3. The van der Waals surface area contributed by atoms with E-state index in [2.05, 4.69) is 17.4 Å². The quantitative estimate of drug-likeness (QED) is 0.524. The summed E-state index contributed by atoms with van der Waals surface area (Å²) in [4.78, 5) is 28.6. The fourth-order valence-corrected chi connectivity index (χ4v) is 5.79. The van der Waals surface area contributed by atoms with Crippen molar-refractivity contribution in [2.45, 2.75) is 123 Å². The van der Waals surface area contributed by atoms with Crippen molar-refractivity contribution < 1.29 is 23.8 Å². The third-order valence-corrected chi connectivity index (χ3v) is 7.31. The van der Waals surface area contributed by atoms with Gasteiger partial charge in [-0.2, -0.15) is 0 Å². The molecule has 1 saturated heterocycles. The molecule has 2 amide bonds. The van der Waals surface area contributed by atoms with Crippen LogP contribution < -0.4 is 5.32 Å². The second-order valence-electron chi connectivity index (χ2n) is 13.2. The molecular formula is C30H48N2O5. The van der Waals surface area contributed by atoms with Crippen LogP contribution in [0.2, 0.25) is 0 Å². The molecule has 5 unspecified atom stereocenters. The molecule has 1 saturated carbocycles. The molecule has 7 nitrogen and oxygen atoms in total. The van der Waals surface area contributed by atoms with Gasteiger partial charge in [-0.3, -0.25) is 9.69 Å². The zero-order chi connectivity index (χ0) is 27.6. The first kappa shape index (κ1) is 29.4. The Hall–Kier alpha value is -2.12. The SMILES string of the molecule is COC1CCC(CC2OC(C)(C)N(C(=O)OC(C)(C)C)C2Cc2ccccc2)C(C(=O)NC(C)(C)C)C1. The number of nitrogens with zero attached hydrogens (tertiary/aromatic N) is 1. The van der Waals surface area contributed by atoms with Gasteiger partial charge in [-0.05, 0) is 99.0 Å². The highest BCUT2D eigenvalue weighted by atomic mass is 16.6. The van der Waals surface area contributed by atoms with Crippen LogP contribution in [-0.4, -0.2) is 59.1 Å². The molecule has 1 heterocycles. The summed E-state index contributed by atoms with van der Waals surface area (Å²) in [6.45, 7) is 15.5. The summed E-state index contributed by atoms with van der Waals surface area (Å²) in [5.74, 6) is 0.0316. The van der Waals surface area contributed by atoms with Crippen LogP contribution in [0.4, 0.5) is 4.79 Å². The summed E-state index contributed by atoms with van der Waals surface area (Å²) in [7, 11) is 1.72. The Morgan fingerprint density at radius 3 is 2.30 bits per heavy atom. The van der Waals surface area contributed by atoms with E-state index >= 15 is 0 Å². The largest absolute Gasteiger partial charge is 0.444 e. The summed E-state index contributed by atoms with van der Waals surface area (Å²) in [5, 5.41) is 3.19. The highest BCUT2D eigenvalue weighted by molar-refractivity contribution is 5.79. The first-order chi connectivity index (χ1) is 17.1. The van der Waals surface area contributed by atoms with Crippen LogP contribution in [0.15, 0.2) is 30.3 Å². The van der Waals surface area contributed by atoms with Gasteiger partial charge in [0.1, 0.15) is 11.3 Å². The summed E-state index contributed by atoms with van der Waals surface area (Å²) < 4.78 is 18.1. The minimum atomic E-state index is -0.834. The summed E-state index contributed by atoms with van der Waals surface area (Å²) >= 11 is 0. The molecule has 1 aromatic carbocycles. The van der Waals surface area contributed by atoms with Crippen molar-refractivity contribution in [3.05, 3.63) is 35.9 Å². The highest BCUT2D eigenvalue weighted by Gasteiger charge is 2.52. The summed E-state index contributed by atoms with van der Waals surface area (Å²) in [6.07, 6.45) is 3.31. The normalized spacial score (nSPS) is 28.1. The van der Waals surface area contributed by atoms with Gasteiger partial charge in [0.05, 0.1) is 18.2 Å². The van der Waals surface area contributed by atoms with E-state index in [9.17, 15) is 9.59 Å². The molecule has 1 aromatic rings. The van der Waals surface area contributed by atoms with E-state index in [1.807, 2.05) is 73.6 Å². The van der Waals surface area contributed by atoms with Gasteiger partial charge in [0.2, 0.25) is 5.91 Å². The van der Waals surface area contributed by atoms with Crippen molar-refractivity contribution in [1.82, 2.24) is 10.2 Å². The number of methoxy groups -OCH3 is 1. The molecule has 1 aliphatic carbocycles. The maximum atomic E-state index is 13.5. The topological polar surface area (TPSA) is 77.1 Å². The lowest BCUT2D eigenvalue weighted by Crippen LogP contribution is -2.51. The lowest BCUT2D eigenvalue weighted by atomic mass is 9.73. The monoisotopic (exact) mass is 516 g/mol. The van der Waals surface area contributed by atoms with Crippen LogP contribution >= 0.6 is 0 Å². The number of carbonyl (C=O) groups excluding carboxylic acids is 2. The second kappa shape index (κ2) is 11.3. The van der Waals surface area contributed by atoms with Crippen LogP contribution in [0.3, 0.4) is 0 Å². The lowest BCUT2D eigenvalue weighted by molar-refractivity contribution is -0.132. The van der Waals surface area contributed by atoms with Gasteiger partial charge < -0.3 is 19.5 Å². The molecule has 0 aromatic heterocycles. The van der Waals surface area contributed by atoms with Crippen LogP contribution in [0.5, 0.6) is 0 Å². The third-order valence-electron chi connectivity index (χ3n) is 7.31. The third kappa shape index (κ3) is 7.93. The van der Waals surface area contributed by atoms with E-state index in [0.29, 0.717) is 19.3 Å². The van der Waals surface area contributed by atoms with Gasteiger partial charge in [-0.15, -0.1) is 0 Å². The molecule has 1 aliphatic heterocycles. The average molecular weight is 517 g/mol. The standard InChI is InChI=1S/C30H48N2O5/c1-28(2,3)31-26(33)23-19-22(35-9)16-15-21(23)18-25-24(17-20-13-11-10-12-14-20)32(30(7,8)36-25)27(34)37-29(4,5)6/h10-14,21-25H,15-19H2,1-9H3,(H,31,33). The van der Waals surface area contributed by atoms with Gasteiger partial charge in [0.15, 0.2) is 0 Å². The van der Waals surface area contributed by atoms with Crippen LogP contribution in [0.25, 0.3) is 0 Å². The van der Waals surface area contributed by atoms with Gasteiger partial charge in [-0.1, -0.05) is 30.3 Å². The molecule has 2 aliphatic rings. The van der Waals surface area contributed by atoms with E-state index in [1.54, 1.807) is 12.0 Å². The molecule has 0 spiro atoms. The van der Waals surface area contributed by atoms with E-state index in [0.717, 1.165) is 18.4 Å². The fourth-order valence-electron chi connectivity index (χ4n) is 5.79. The van der Waals surface area contributed by atoms with Crippen LogP contribution in [0.1, 0.15) is 86.6 Å². The van der Waals surface area contributed by atoms with Crippen molar-refractivity contribution >= 4 is 12.0 Å². The maximum absolute atomic E-state index is 13.5. The summed E-state index contributed by atoms with van der Waals surface area (Å²) in [6, 6.07) is 9.98. The van der Waals surface area contributed by atoms with Crippen LogP contribution in [0, 0.1) is 11.8 Å². The Balaban J connectivity index is 1.90. The first-order valence-electron chi connectivity index (χ1n) is 13.7. The number of hydrogen-bond donors (Lipinski definition) is 1. The first-order valence-corrected chi connectivity index (χ1v) is 13.7. The Kier molecular flexibility index (Phi) is 9.01. The van der Waals surface area contributed by atoms with E-state index in [1.165, 1.54) is 0 Å². The molecule has 2 fully saturated rings. The maximum Gasteiger partial charge on any atom is 0.412 e. The predicted octanol–water partition coefficient (Wildman–Crippen LogP) is 5.71. The second-order valence-corrected chi connectivity index (χ2v) is 13.2. The number of nitrogens with one attached hydrogen (secondary N) is 1. The molecule has 208 valence electrons. The number of hydrogen-bond acceptors (Lipinski definition) is 5. The van der Waals surface area contributed by atoms with Crippen molar-refractivity contribution in [2.24, 2.45) is 11.8 Å². The zero-order valence-electron chi connectivity index (χ0n) is 24.3. The number of benzene rings is 1. The molecule has 0 bridgehead atoms. The molecule has 7 heteroatoms. The summed E-state index contributed by atoms with van der Waals surface area (Å²) in [5.41, 5.74) is -0.620. The number of ether oxygens (including phenoxy) is 3. The minimum absolute atomic E-state index is 0.0696. The minimum Gasteiger partial charge on any atom is -0.444 e. The van der Waals surface area contributed by atoms with Crippen molar-refractivity contribution in [2.75, 3.05) is 7.11 Å². The fraction of sp³-hybridized carbons (Fsp3) is 0.733. The lowest BCUT2D eigenvalue weighted by Gasteiger charge is -2.38. The van der Waals surface area contributed by atoms with Gasteiger partial charge in [0, 0.05) is 18.6 Å². The molecular weight excluding hydrogens is 468 g/mol. The smallest absolute Gasteiger partial charge is 0.412 e. The predicted molar refractivity (Wildman–Crippen MR) is 145 cm³/mol. The van der Waals surface area contributed by atoms with Crippen molar-refractivity contribution in [1.29, 1.82) is 0 Å². The Morgan fingerprint density at radius 2 is 1.73 bits per heavy atom. The Morgan fingerprint density at radius 1 is 1.08 bits per heavy atom. The molecule has 0 radical (unpaired) electrons. The Bertz CT molecular complexity index is 918. The van der Waals surface area contributed by atoms with Crippen LogP contribution in [-0.2, 0) is 25.4 Å². The molecule has 1 N–H and O–H groups in total. The van der Waals surface area contributed by atoms with Gasteiger partial charge >= 0.3 is 6.09 Å². The van der Waals surface area contributed by atoms with Crippen molar-refractivity contribution in [3.63, 3.8) is 0 Å². The van der Waals surface area contributed by atoms with E-state index in [4.69, 9.17) is 14.2 Å².